The third kappa shape index (κ3) is 1.80. The Bertz CT molecular complexity index is 431. The van der Waals surface area contributed by atoms with Crippen molar-refractivity contribution in [2.75, 3.05) is 11.2 Å². The summed E-state index contributed by atoms with van der Waals surface area (Å²) in [5.74, 6) is -0.471. The third-order valence-corrected chi connectivity index (χ3v) is 2.48. The molecule has 0 saturated heterocycles. The number of fused-ring (bicyclic) bond motifs is 1. The molecule has 1 aromatic carbocycles. The van der Waals surface area contributed by atoms with Gasteiger partial charge in [0.1, 0.15) is 5.88 Å². The molecule has 0 spiro atoms. The summed E-state index contributed by atoms with van der Waals surface area (Å²) >= 11 is 5.39. The highest BCUT2D eigenvalue weighted by atomic mass is 35.5. The van der Waals surface area contributed by atoms with Gasteiger partial charge in [-0.15, -0.1) is 11.6 Å². The summed E-state index contributed by atoms with van der Waals surface area (Å²) in [4.78, 5) is 22.4. The number of halogens is 1. The van der Waals surface area contributed by atoms with Gasteiger partial charge in [0.2, 0.25) is 5.91 Å². The van der Waals surface area contributed by atoms with E-state index in [2.05, 4.69) is 10.6 Å². The Morgan fingerprint density at radius 2 is 2.33 bits per heavy atom. The Hall–Kier alpha value is -1.55. The molecule has 0 atom stereocenters. The van der Waals surface area contributed by atoms with Gasteiger partial charge in [-0.25, -0.2) is 0 Å². The minimum atomic E-state index is -0.274. The number of benzene rings is 1. The number of carbonyl (C=O) groups is 2. The fourth-order valence-electron chi connectivity index (χ4n) is 1.55. The maximum Gasteiger partial charge on any atom is 0.251 e. The second kappa shape index (κ2) is 3.90. The molecule has 0 unspecified atom stereocenters. The fourth-order valence-corrected chi connectivity index (χ4v) is 1.62. The zero-order chi connectivity index (χ0) is 10.8. The van der Waals surface area contributed by atoms with Crippen LogP contribution in [-0.2, 0) is 11.3 Å². The van der Waals surface area contributed by atoms with E-state index in [1.807, 2.05) is 0 Å². The summed E-state index contributed by atoms with van der Waals surface area (Å²) in [6.07, 6.45) is 0. The maximum absolute atomic E-state index is 11.3. The number of hydrogen-bond donors (Lipinski definition) is 2. The monoisotopic (exact) mass is 224 g/mol. The highest BCUT2D eigenvalue weighted by molar-refractivity contribution is 6.29. The Labute approximate surface area is 91.6 Å². The van der Waals surface area contributed by atoms with Gasteiger partial charge in [0.15, 0.2) is 0 Å². The van der Waals surface area contributed by atoms with Crippen molar-refractivity contribution in [1.82, 2.24) is 5.32 Å². The highest BCUT2D eigenvalue weighted by Gasteiger charge is 2.21. The quantitative estimate of drug-likeness (QED) is 0.740. The Balaban J connectivity index is 2.34. The van der Waals surface area contributed by atoms with Gasteiger partial charge >= 0.3 is 0 Å². The molecule has 0 saturated carbocycles. The van der Waals surface area contributed by atoms with E-state index in [9.17, 15) is 9.59 Å². The van der Waals surface area contributed by atoms with Gasteiger partial charge < -0.3 is 10.6 Å². The van der Waals surface area contributed by atoms with Crippen LogP contribution in [0.2, 0.25) is 0 Å². The van der Waals surface area contributed by atoms with Crippen LogP contribution in [0, 0.1) is 0 Å². The lowest BCUT2D eigenvalue weighted by Crippen LogP contribution is -2.14. The summed E-state index contributed by atoms with van der Waals surface area (Å²) in [7, 11) is 0. The number of alkyl halides is 1. The van der Waals surface area contributed by atoms with Crippen LogP contribution < -0.4 is 10.6 Å². The first-order valence-corrected chi connectivity index (χ1v) is 5.01. The zero-order valence-corrected chi connectivity index (χ0v) is 8.60. The fraction of sp³-hybridized carbons (Fsp3) is 0.200. The van der Waals surface area contributed by atoms with Crippen LogP contribution in [0.4, 0.5) is 5.69 Å². The molecule has 1 aliphatic rings. The average molecular weight is 225 g/mol. The van der Waals surface area contributed by atoms with E-state index in [4.69, 9.17) is 11.6 Å². The van der Waals surface area contributed by atoms with Crippen LogP contribution in [-0.4, -0.2) is 17.7 Å². The molecule has 1 heterocycles. The topological polar surface area (TPSA) is 58.2 Å². The zero-order valence-electron chi connectivity index (χ0n) is 7.84. The van der Waals surface area contributed by atoms with Crippen molar-refractivity contribution in [1.29, 1.82) is 0 Å². The largest absolute Gasteiger partial charge is 0.348 e. The molecular formula is C10H9ClN2O2. The molecule has 5 heteroatoms. The molecule has 2 amide bonds. The van der Waals surface area contributed by atoms with Crippen molar-refractivity contribution in [3.05, 3.63) is 29.3 Å². The van der Waals surface area contributed by atoms with Gasteiger partial charge in [-0.1, -0.05) is 6.07 Å². The van der Waals surface area contributed by atoms with Crippen molar-refractivity contribution in [3.8, 4) is 0 Å². The van der Waals surface area contributed by atoms with Gasteiger partial charge in [0, 0.05) is 23.4 Å². The van der Waals surface area contributed by atoms with Crippen molar-refractivity contribution in [3.63, 3.8) is 0 Å². The third-order valence-electron chi connectivity index (χ3n) is 2.24. The Kier molecular flexibility index (Phi) is 2.60. The molecule has 1 aliphatic heterocycles. The highest BCUT2D eigenvalue weighted by Crippen LogP contribution is 2.23. The van der Waals surface area contributed by atoms with E-state index in [0.717, 1.165) is 5.56 Å². The molecule has 15 heavy (non-hydrogen) atoms. The van der Waals surface area contributed by atoms with Gasteiger partial charge in [-0.2, -0.15) is 0 Å². The van der Waals surface area contributed by atoms with Crippen LogP contribution in [0.15, 0.2) is 18.2 Å². The van der Waals surface area contributed by atoms with Gasteiger partial charge in [0.25, 0.3) is 5.91 Å². The second-order valence-electron chi connectivity index (χ2n) is 3.20. The minimum absolute atomic E-state index is 0.0922. The number of anilines is 1. The van der Waals surface area contributed by atoms with Crippen LogP contribution in [0.1, 0.15) is 15.9 Å². The van der Waals surface area contributed by atoms with E-state index < -0.39 is 0 Å². The Morgan fingerprint density at radius 3 is 3.07 bits per heavy atom. The van der Waals surface area contributed by atoms with E-state index >= 15 is 0 Å². The SMILES string of the molecule is O=C(CCl)Nc1cccc2c1CNC2=O. The predicted octanol–water partition coefficient (Wildman–Crippen LogP) is 1.11. The molecular weight excluding hydrogens is 216 g/mol. The van der Waals surface area contributed by atoms with Gasteiger partial charge in [-0.05, 0) is 12.1 Å². The first kappa shape index (κ1) is 9.98. The normalized spacial score (nSPS) is 13.3. The Morgan fingerprint density at radius 1 is 1.53 bits per heavy atom. The van der Waals surface area contributed by atoms with Crippen molar-refractivity contribution < 1.29 is 9.59 Å². The van der Waals surface area contributed by atoms with Crippen LogP contribution in [0.3, 0.4) is 0 Å². The number of hydrogen-bond acceptors (Lipinski definition) is 2. The second-order valence-corrected chi connectivity index (χ2v) is 3.46. The molecule has 2 N–H and O–H groups in total. The molecule has 0 aromatic heterocycles. The summed E-state index contributed by atoms with van der Waals surface area (Å²) in [5.41, 5.74) is 2.08. The number of nitrogens with one attached hydrogen (secondary N) is 2. The van der Waals surface area contributed by atoms with Crippen LogP contribution in [0.25, 0.3) is 0 Å². The van der Waals surface area contributed by atoms with E-state index in [0.29, 0.717) is 17.8 Å². The lowest BCUT2D eigenvalue weighted by molar-refractivity contribution is -0.113. The van der Waals surface area contributed by atoms with Crippen LogP contribution >= 0.6 is 11.6 Å². The molecule has 4 nitrogen and oxygen atoms in total. The maximum atomic E-state index is 11.3. The lowest BCUT2D eigenvalue weighted by atomic mass is 10.1. The molecule has 0 radical (unpaired) electrons. The summed E-state index contributed by atoms with van der Waals surface area (Å²) in [5, 5.41) is 5.34. The lowest BCUT2D eigenvalue weighted by Gasteiger charge is -2.07. The van der Waals surface area contributed by atoms with Crippen molar-refractivity contribution in [2.45, 2.75) is 6.54 Å². The molecule has 1 aromatic rings. The van der Waals surface area contributed by atoms with Gasteiger partial charge in [-0.3, -0.25) is 9.59 Å². The summed E-state index contributed by atoms with van der Waals surface area (Å²) in [6, 6.07) is 5.21. The van der Waals surface area contributed by atoms with Crippen molar-refractivity contribution >= 4 is 29.1 Å². The predicted molar refractivity (Wildman–Crippen MR) is 57.0 cm³/mol. The van der Waals surface area contributed by atoms with E-state index in [1.54, 1.807) is 18.2 Å². The summed E-state index contributed by atoms with van der Waals surface area (Å²) in [6.45, 7) is 0.451. The minimum Gasteiger partial charge on any atom is -0.348 e. The smallest absolute Gasteiger partial charge is 0.251 e. The standard InChI is InChI=1S/C10H9ClN2O2/c11-4-9(14)13-8-3-1-2-6-7(8)5-12-10(6)15/h1-3H,4-5H2,(H,12,15)(H,13,14). The van der Waals surface area contributed by atoms with Crippen molar-refractivity contribution in [2.24, 2.45) is 0 Å². The summed E-state index contributed by atoms with van der Waals surface area (Å²) < 4.78 is 0. The number of rotatable bonds is 2. The number of amides is 2. The van der Waals surface area contributed by atoms with E-state index in [-0.39, 0.29) is 17.7 Å². The first-order valence-electron chi connectivity index (χ1n) is 4.48. The molecule has 2 rings (SSSR count). The molecule has 78 valence electrons. The average Bonchev–Trinajstić information content (AvgIpc) is 2.62. The van der Waals surface area contributed by atoms with Gasteiger partial charge in [0.05, 0.1) is 0 Å². The van der Waals surface area contributed by atoms with Crippen LogP contribution in [0.5, 0.6) is 0 Å². The first-order chi connectivity index (χ1) is 7.22. The number of carbonyl (C=O) groups excluding carboxylic acids is 2. The molecule has 0 bridgehead atoms. The molecule has 0 fully saturated rings. The molecule has 0 aliphatic carbocycles. The van der Waals surface area contributed by atoms with E-state index in [1.165, 1.54) is 0 Å².